The number of amides is 3. The number of likely N-dealkylation sites (N-methyl/N-ethyl adjacent to an activating group) is 5. The predicted molar refractivity (Wildman–Crippen MR) is 604 cm³/mol. The zero-order valence-corrected chi connectivity index (χ0v) is 105. The van der Waals surface area contributed by atoms with E-state index in [-0.39, 0.29) is 134 Å². The maximum atomic E-state index is 11.9. The Kier molecular flexibility index (Phi) is 77.0. The molecule has 0 fully saturated rings. The third kappa shape index (κ3) is 140. The summed E-state index contributed by atoms with van der Waals surface area (Å²) >= 11 is 3.76. The largest absolute Gasteiger partial charge is 0.465 e. The molecule has 0 aromatic rings. The van der Waals surface area contributed by atoms with Gasteiger partial charge in [-0.05, 0) is 227 Å². The van der Waals surface area contributed by atoms with Crippen molar-refractivity contribution in [2.75, 3.05) is 139 Å². The highest BCUT2D eigenvalue weighted by Gasteiger charge is 2.28. The number of hydrogen-bond donors (Lipinski definition) is 2. The number of carbonyl (C=O) groups excluding carboxylic acids is 9. The zero-order valence-electron chi connectivity index (χ0n) is 104. The fourth-order valence-corrected chi connectivity index (χ4v) is 12.4. The Morgan fingerprint density at radius 1 is 0.236 bits per heavy atom. The normalized spacial score (nSPS) is 12.8. The summed E-state index contributed by atoms with van der Waals surface area (Å²) in [6.45, 7) is 122. The van der Waals surface area contributed by atoms with Gasteiger partial charge in [0.25, 0.3) is 0 Å². The third-order valence-electron chi connectivity index (χ3n) is 18.3. The fraction of sp³-hybridized carbons (Fsp3) is 0.922. The van der Waals surface area contributed by atoms with Crippen LogP contribution >= 0.6 is 23.5 Å². The van der Waals surface area contributed by atoms with Crippen LogP contribution in [0.25, 0.3) is 0 Å². The van der Waals surface area contributed by atoms with Gasteiger partial charge in [0.2, 0.25) is 17.7 Å². The Morgan fingerprint density at radius 2 is 0.493 bits per heavy atom. The molecule has 0 unspecified atom stereocenters. The van der Waals surface area contributed by atoms with Crippen molar-refractivity contribution >= 4 is 76.7 Å². The lowest BCUT2D eigenvalue weighted by molar-refractivity contribution is -0.149. The lowest BCUT2D eigenvalue weighted by Crippen LogP contribution is -2.43. The minimum absolute atomic E-state index is 0.00696. The predicted octanol–water partition coefficient (Wildman–Crippen LogP) is 26.8. The Balaban J connectivity index is -0.000000197. The number of thioether (sulfide) groups is 2. The van der Waals surface area contributed by atoms with Crippen molar-refractivity contribution in [1.82, 2.24) is 35.1 Å². The molecule has 0 aliphatic carbocycles. The van der Waals surface area contributed by atoms with Crippen molar-refractivity contribution < 1.29 is 76.3 Å². The molecule has 840 valence electrons. The minimum Gasteiger partial charge on any atom is -0.465 e. The number of carbonyl (C=O) groups is 9. The average Bonchev–Trinajstić information content (AvgIpc) is 0.874. The molecule has 0 rings (SSSR count). The van der Waals surface area contributed by atoms with Gasteiger partial charge in [-0.3, -0.25) is 53.0 Å². The summed E-state index contributed by atoms with van der Waals surface area (Å²) in [6, 6.07) is 0. The van der Waals surface area contributed by atoms with Crippen molar-refractivity contribution in [1.29, 1.82) is 0 Å². The van der Waals surface area contributed by atoms with Crippen molar-refractivity contribution in [3.63, 3.8) is 0 Å². The van der Waals surface area contributed by atoms with Crippen LogP contribution in [-0.2, 0) is 76.3 Å². The van der Waals surface area contributed by atoms with Crippen LogP contribution in [0, 0.1) is 48.7 Å². The molecule has 0 spiro atoms. The van der Waals surface area contributed by atoms with E-state index in [0.717, 1.165) is 63.5 Å². The summed E-state index contributed by atoms with van der Waals surface area (Å²) in [4.78, 5) is 114. The second kappa shape index (κ2) is 70.1. The van der Waals surface area contributed by atoms with Crippen molar-refractivity contribution in [2.45, 2.75) is 506 Å². The van der Waals surface area contributed by atoms with Gasteiger partial charge in [-0.25, -0.2) is 0 Å². The van der Waals surface area contributed by atoms with Gasteiger partial charge in [0.1, 0.15) is 38.0 Å². The first kappa shape index (κ1) is 154. The lowest BCUT2D eigenvalue weighted by Gasteiger charge is -2.33. The highest BCUT2D eigenvalue weighted by atomic mass is 32.2. The van der Waals surface area contributed by atoms with Crippen LogP contribution < -0.4 is 10.6 Å². The van der Waals surface area contributed by atoms with Crippen LogP contribution in [0.4, 0.5) is 0 Å². The van der Waals surface area contributed by atoms with Gasteiger partial charge in [0, 0.05) is 156 Å². The van der Waals surface area contributed by atoms with Crippen molar-refractivity contribution in [3.05, 3.63) is 0 Å². The van der Waals surface area contributed by atoms with E-state index in [9.17, 15) is 43.2 Å². The molecule has 0 saturated heterocycles. The van der Waals surface area contributed by atoms with Gasteiger partial charge in [0.05, 0.1) is 55.7 Å². The summed E-state index contributed by atoms with van der Waals surface area (Å²) in [5.74, 6) is 2.92. The lowest BCUT2D eigenvalue weighted by atomic mass is 9.89. The van der Waals surface area contributed by atoms with Gasteiger partial charge >= 0.3 is 23.9 Å². The number of esters is 4. The number of ketones is 2. The molecule has 2 N–H and O–H groups in total. The van der Waals surface area contributed by atoms with E-state index in [1.54, 1.807) is 4.90 Å². The molecule has 0 saturated carbocycles. The van der Waals surface area contributed by atoms with E-state index in [1.807, 2.05) is 207 Å². The molecule has 0 aromatic heterocycles. The molecule has 23 nitrogen and oxygen atoms in total. The monoisotopic (exact) mass is 2040 g/mol. The second-order valence-corrected chi connectivity index (χ2v) is 61.4. The van der Waals surface area contributed by atoms with E-state index in [2.05, 4.69) is 256 Å². The van der Waals surface area contributed by atoms with Gasteiger partial charge in [-0.15, -0.1) is 0 Å². The maximum Gasteiger partial charge on any atom is 0.306 e. The molecular formula is C115H237N7O16S2. The summed E-state index contributed by atoms with van der Waals surface area (Å²) < 4.78 is 37.7. The number of rotatable bonds is 38. The fourth-order valence-electron chi connectivity index (χ4n) is 10.7. The maximum absolute atomic E-state index is 11.9. The van der Waals surface area contributed by atoms with Gasteiger partial charge < -0.3 is 58.5 Å². The SMILES string of the molecule is CC(C)(C)CC(=O)CCCOC(C)(C)C.CC(C)(C)CC(=O)CCCSC(C)(C)C.CC(C)(C)CC(=O)OCCNC(C)(C)C.CC(C)(C)CC(=O)OCCOC(C)(C)C.CC(C)(C)CC(=O)OCCSC(C)(C)C.CN(CCN(C)C(C)(C)C)C(=O)CC(C)(C)C.CN(CCNC(C)(C)C)C(=O)CC(C)(C)C.CN(CCOC(=O)CC(C)(C)C)C(C)(C)C.CN(CCOC(C)(C)C)C(=O)CC(C)(C)C. The van der Waals surface area contributed by atoms with Crippen LogP contribution in [0.1, 0.15) is 457 Å². The Bertz CT molecular complexity index is 2970. The smallest absolute Gasteiger partial charge is 0.306 e. The number of nitrogens with zero attached hydrogens (tertiary/aromatic N) is 5. The molecule has 0 heterocycles. The molecule has 25 heteroatoms. The zero-order chi connectivity index (χ0) is 113. The molecule has 0 aromatic carbocycles. The first-order valence-corrected chi connectivity index (χ1v) is 54.0. The van der Waals surface area contributed by atoms with Crippen LogP contribution in [0.15, 0.2) is 0 Å². The Morgan fingerprint density at radius 3 is 0.793 bits per heavy atom. The standard InChI is InChI=1S/C14H30N2O.C13H28N2O.2C13H27NO2.C13H26O2.C13H26OS.C12H25NO2.C12H24O3.C12H24O2S/c1-13(2,3)11-12(17)15(7)9-10-16(8)14(4,5)6;1-12(2,3)10-11(16)15(7)9-8-14-13(4,5)6;1-12(2,3)10-11(15)16-9-8-14(7)13(4,5)6;1-12(2,3)10-11(15)14(7)8-9-16-13(4,5)6;2*1-12(2,3)10-11(14)8-7-9-15-13(4,5)6;1-11(2,3)9-10(14)15-8-7-13-12(4,5)6;2*1-11(2,3)9-10(13)14-7-8-15-12(4,5)6/h9-11H2,1-8H3;14H,8-10H2,1-7H3;2*8-10H2,1-7H3;2*7-10H2,1-6H3;13H,7-9H2,1-6H3;2*7-9H2,1-6H3. The summed E-state index contributed by atoms with van der Waals surface area (Å²) in [5.41, 5.74) is 0.570. The van der Waals surface area contributed by atoms with Crippen LogP contribution in [-0.4, -0.2) is 265 Å². The van der Waals surface area contributed by atoms with Crippen molar-refractivity contribution in [3.8, 4) is 0 Å². The van der Waals surface area contributed by atoms with Gasteiger partial charge in [-0.2, -0.15) is 23.5 Å². The van der Waals surface area contributed by atoms with E-state index >= 15 is 0 Å². The number of Topliss-reactive ketones (excluding diaryl/α,β-unsaturated/α-hetero) is 2. The van der Waals surface area contributed by atoms with E-state index in [1.165, 1.54) is 0 Å². The molecular weight excluding hydrogens is 1800 g/mol. The Labute approximate surface area is 876 Å². The topological polar surface area (TPSA) is 258 Å². The molecule has 3 amide bonds. The van der Waals surface area contributed by atoms with E-state index in [0.29, 0.717) is 140 Å². The second-order valence-electron chi connectivity index (χ2n) is 57.6. The number of nitrogens with one attached hydrogen (secondary N) is 2. The number of hydrogen-bond acceptors (Lipinski definition) is 22. The molecule has 0 aliphatic heterocycles. The first-order chi connectivity index (χ1) is 61.5. The van der Waals surface area contributed by atoms with Gasteiger partial charge in [-0.1, -0.05) is 228 Å². The number of ether oxygens (including phenoxy) is 7. The highest BCUT2D eigenvalue weighted by molar-refractivity contribution is 8.00. The van der Waals surface area contributed by atoms with E-state index < -0.39 is 0 Å². The average molecular weight is 2040 g/mol. The molecule has 0 bridgehead atoms. The summed E-state index contributed by atoms with van der Waals surface area (Å²) in [6.07, 6.45) is 8.34. The molecule has 0 aliphatic rings. The van der Waals surface area contributed by atoms with E-state index in [4.69, 9.17) is 33.2 Å². The van der Waals surface area contributed by atoms with Crippen LogP contribution in [0.2, 0.25) is 0 Å². The van der Waals surface area contributed by atoms with Crippen LogP contribution in [0.3, 0.4) is 0 Å². The summed E-state index contributed by atoms with van der Waals surface area (Å²) in [7, 11) is 9.74. The molecule has 0 radical (unpaired) electrons. The quantitative estimate of drug-likeness (QED) is 0.0331. The molecule has 0 atom stereocenters. The molecule has 140 heavy (non-hydrogen) atoms. The van der Waals surface area contributed by atoms with Gasteiger partial charge in [0.15, 0.2) is 0 Å². The highest BCUT2D eigenvalue weighted by Crippen LogP contribution is 2.30. The Hall–Kier alpha value is -3.95. The van der Waals surface area contributed by atoms with Crippen molar-refractivity contribution in [2.24, 2.45) is 48.7 Å². The van der Waals surface area contributed by atoms with Crippen LogP contribution in [0.5, 0.6) is 0 Å². The summed E-state index contributed by atoms with van der Waals surface area (Å²) in [5, 5.41) is 6.64. The first-order valence-electron chi connectivity index (χ1n) is 52.0. The minimum atomic E-state index is -0.170. The third-order valence-corrected chi connectivity index (χ3v) is 20.9.